The number of nitrogens with one attached hydrogen (secondary N) is 1. The van der Waals surface area contributed by atoms with Crippen LogP contribution >= 0.6 is 0 Å². The van der Waals surface area contributed by atoms with Gasteiger partial charge in [0.1, 0.15) is 5.82 Å². The molecule has 1 aliphatic rings. The van der Waals surface area contributed by atoms with Crippen LogP contribution in [0.5, 0.6) is 0 Å². The highest BCUT2D eigenvalue weighted by Crippen LogP contribution is 2.23. The molecule has 1 unspecified atom stereocenters. The molecule has 1 aromatic carbocycles. The molecule has 2 rings (SSSR count). The number of nitrogen functional groups attached to an aromatic ring is 1. The Morgan fingerprint density at radius 2 is 2.05 bits per heavy atom. The van der Waals surface area contributed by atoms with Gasteiger partial charge in [-0.05, 0) is 25.5 Å². The number of benzene rings is 1. The van der Waals surface area contributed by atoms with E-state index in [4.69, 9.17) is 5.73 Å². The summed E-state index contributed by atoms with van der Waals surface area (Å²) in [5.74, 6) is -1.01. The predicted molar refractivity (Wildman–Crippen MR) is 72.9 cm³/mol. The van der Waals surface area contributed by atoms with Crippen LogP contribution in [0.4, 0.5) is 10.1 Å². The number of hydrogen-bond donors (Lipinski definition) is 2. The highest BCUT2D eigenvalue weighted by molar-refractivity contribution is 7.92. The molecular formula is C11H15FN2O4S2. The second kappa shape index (κ2) is 4.97. The van der Waals surface area contributed by atoms with Gasteiger partial charge in [0, 0.05) is 17.3 Å². The van der Waals surface area contributed by atoms with Crippen molar-refractivity contribution in [1.29, 1.82) is 0 Å². The maximum absolute atomic E-state index is 13.5. The summed E-state index contributed by atoms with van der Waals surface area (Å²) in [5, 5.41) is 0. The first-order chi connectivity index (χ1) is 9.11. The molecule has 1 aromatic rings. The Bertz CT molecular complexity index is 744. The Morgan fingerprint density at radius 3 is 2.60 bits per heavy atom. The van der Waals surface area contributed by atoms with Gasteiger partial charge in [-0.25, -0.2) is 25.9 Å². The first-order valence-corrected chi connectivity index (χ1v) is 9.19. The number of rotatable bonds is 3. The van der Waals surface area contributed by atoms with Crippen molar-refractivity contribution < 1.29 is 21.2 Å². The van der Waals surface area contributed by atoms with E-state index >= 15 is 0 Å². The molecule has 1 fully saturated rings. The Morgan fingerprint density at radius 1 is 1.40 bits per heavy atom. The SMILES string of the molecule is Cc1c(F)cc(N)cc1S(=O)(=O)NC1CCS(=O)(=O)C1. The third-order valence-electron chi connectivity index (χ3n) is 3.16. The van der Waals surface area contributed by atoms with Crippen molar-refractivity contribution >= 4 is 25.5 Å². The molecule has 0 spiro atoms. The van der Waals surface area contributed by atoms with Crippen molar-refractivity contribution in [3.05, 3.63) is 23.5 Å². The lowest BCUT2D eigenvalue weighted by molar-refractivity contribution is 0.558. The molecule has 1 aliphatic heterocycles. The van der Waals surface area contributed by atoms with Crippen molar-refractivity contribution in [3.8, 4) is 0 Å². The van der Waals surface area contributed by atoms with Crippen LogP contribution in [0.1, 0.15) is 12.0 Å². The number of hydrogen-bond acceptors (Lipinski definition) is 5. The molecule has 6 nitrogen and oxygen atoms in total. The number of nitrogens with two attached hydrogens (primary N) is 1. The summed E-state index contributed by atoms with van der Waals surface area (Å²) in [6.45, 7) is 1.33. The smallest absolute Gasteiger partial charge is 0.241 e. The van der Waals surface area contributed by atoms with Gasteiger partial charge < -0.3 is 5.73 Å². The average molecular weight is 322 g/mol. The van der Waals surface area contributed by atoms with E-state index in [0.717, 1.165) is 12.1 Å². The van der Waals surface area contributed by atoms with Crippen LogP contribution in [0.3, 0.4) is 0 Å². The van der Waals surface area contributed by atoms with E-state index in [1.807, 2.05) is 0 Å². The molecular weight excluding hydrogens is 307 g/mol. The maximum Gasteiger partial charge on any atom is 0.241 e. The summed E-state index contributed by atoms with van der Waals surface area (Å²) in [7, 11) is -7.21. The van der Waals surface area contributed by atoms with Crippen LogP contribution in [0.25, 0.3) is 0 Å². The van der Waals surface area contributed by atoms with Gasteiger partial charge in [-0.15, -0.1) is 0 Å². The van der Waals surface area contributed by atoms with Crippen LogP contribution in [0.15, 0.2) is 17.0 Å². The summed E-state index contributed by atoms with van der Waals surface area (Å²) >= 11 is 0. The Labute approximate surface area is 117 Å². The molecule has 9 heteroatoms. The van der Waals surface area contributed by atoms with Gasteiger partial charge in [0.25, 0.3) is 0 Å². The topological polar surface area (TPSA) is 106 Å². The van der Waals surface area contributed by atoms with Crippen LogP contribution in [0.2, 0.25) is 0 Å². The molecule has 112 valence electrons. The Kier molecular flexibility index (Phi) is 3.78. The zero-order valence-electron chi connectivity index (χ0n) is 10.8. The first-order valence-electron chi connectivity index (χ1n) is 5.89. The average Bonchev–Trinajstić information content (AvgIpc) is 2.62. The standard InChI is InChI=1S/C11H15FN2O4S2/c1-7-10(12)4-8(13)5-11(7)20(17,18)14-9-2-3-19(15,16)6-9/h4-5,9,14H,2-3,6,13H2,1H3. The zero-order valence-corrected chi connectivity index (χ0v) is 12.4. The van der Waals surface area contributed by atoms with Crippen molar-refractivity contribution in [2.24, 2.45) is 0 Å². The third kappa shape index (κ3) is 3.10. The molecule has 20 heavy (non-hydrogen) atoms. The lowest BCUT2D eigenvalue weighted by atomic mass is 10.2. The van der Waals surface area contributed by atoms with Crippen molar-refractivity contribution in [2.45, 2.75) is 24.3 Å². The van der Waals surface area contributed by atoms with E-state index in [1.54, 1.807) is 0 Å². The van der Waals surface area contributed by atoms with Crippen LogP contribution < -0.4 is 10.5 Å². The number of halogens is 1. The van der Waals surface area contributed by atoms with Gasteiger partial charge in [0.05, 0.1) is 16.4 Å². The number of sulfonamides is 1. The Balaban J connectivity index is 2.32. The first kappa shape index (κ1) is 15.2. The van der Waals surface area contributed by atoms with E-state index in [-0.39, 0.29) is 34.1 Å². The third-order valence-corrected chi connectivity index (χ3v) is 6.58. The van der Waals surface area contributed by atoms with E-state index in [1.165, 1.54) is 6.92 Å². The summed E-state index contributed by atoms with van der Waals surface area (Å²) in [6.07, 6.45) is 0.214. The molecule has 0 aromatic heterocycles. The van der Waals surface area contributed by atoms with Gasteiger partial charge in [0.2, 0.25) is 10.0 Å². The fourth-order valence-corrected chi connectivity index (χ4v) is 5.46. The molecule has 0 bridgehead atoms. The van der Waals surface area contributed by atoms with E-state index in [2.05, 4.69) is 4.72 Å². The van der Waals surface area contributed by atoms with Crippen LogP contribution in [-0.4, -0.2) is 34.4 Å². The van der Waals surface area contributed by atoms with Crippen LogP contribution in [-0.2, 0) is 19.9 Å². The summed E-state index contributed by atoms with van der Waals surface area (Å²) in [6, 6.07) is 1.51. The second-order valence-corrected chi connectivity index (χ2v) is 8.76. The molecule has 1 atom stereocenters. The lowest BCUT2D eigenvalue weighted by Crippen LogP contribution is -2.36. The van der Waals surface area contributed by atoms with Crippen molar-refractivity contribution in [1.82, 2.24) is 4.72 Å². The minimum Gasteiger partial charge on any atom is -0.399 e. The van der Waals surface area contributed by atoms with Gasteiger partial charge in [-0.3, -0.25) is 0 Å². The summed E-state index contributed by atoms with van der Waals surface area (Å²) < 4.78 is 62.9. The molecule has 0 radical (unpaired) electrons. The Hall–Kier alpha value is -1.19. The predicted octanol–water partition coefficient (Wildman–Crippen LogP) is 0.182. The molecule has 1 saturated heterocycles. The van der Waals surface area contributed by atoms with Crippen LogP contribution in [0, 0.1) is 12.7 Å². The fourth-order valence-electron chi connectivity index (χ4n) is 2.12. The second-order valence-electron chi connectivity index (χ2n) is 4.85. The van der Waals surface area contributed by atoms with Gasteiger partial charge in [-0.1, -0.05) is 0 Å². The minimum atomic E-state index is -4.00. The largest absolute Gasteiger partial charge is 0.399 e. The maximum atomic E-state index is 13.5. The normalized spacial score (nSPS) is 22.0. The van der Waals surface area contributed by atoms with Gasteiger partial charge >= 0.3 is 0 Å². The highest BCUT2D eigenvalue weighted by Gasteiger charge is 2.32. The zero-order chi connectivity index (χ0) is 15.1. The quantitative estimate of drug-likeness (QED) is 0.772. The highest BCUT2D eigenvalue weighted by atomic mass is 32.2. The summed E-state index contributed by atoms with van der Waals surface area (Å²) in [4.78, 5) is -0.265. The van der Waals surface area contributed by atoms with Gasteiger partial charge in [0.15, 0.2) is 9.84 Å². The molecule has 1 heterocycles. The summed E-state index contributed by atoms with van der Waals surface area (Å²) in [5.41, 5.74) is 5.39. The van der Waals surface area contributed by atoms with Gasteiger partial charge in [-0.2, -0.15) is 0 Å². The van der Waals surface area contributed by atoms with E-state index in [0.29, 0.717) is 0 Å². The minimum absolute atomic E-state index is 0.00693. The molecule has 0 aliphatic carbocycles. The number of sulfone groups is 1. The molecule has 3 N–H and O–H groups in total. The molecule has 0 amide bonds. The van der Waals surface area contributed by atoms with E-state index in [9.17, 15) is 21.2 Å². The fraction of sp³-hybridized carbons (Fsp3) is 0.455. The lowest BCUT2D eigenvalue weighted by Gasteiger charge is -2.14. The monoisotopic (exact) mass is 322 g/mol. The molecule has 0 saturated carbocycles. The van der Waals surface area contributed by atoms with Crippen molar-refractivity contribution in [2.75, 3.05) is 17.2 Å². The van der Waals surface area contributed by atoms with Crippen molar-refractivity contribution in [3.63, 3.8) is 0 Å². The number of anilines is 1. The van der Waals surface area contributed by atoms with E-state index < -0.39 is 31.7 Å².